The number of para-hydroxylation sites is 2. The first-order valence-corrected chi connectivity index (χ1v) is 10.9. The van der Waals surface area contributed by atoms with E-state index in [4.69, 9.17) is 13.9 Å². The third kappa shape index (κ3) is 3.90. The summed E-state index contributed by atoms with van der Waals surface area (Å²) in [6.45, 7) is 0.939. The highest BCUT2D eigenvalue weighted by Gasteiger charge is 2.42. The van der Waals surface area contributed by atoms with Crippen LogP contribution >= 0.6 is 0 Å². The van der Waals surface area contributed by atoms with Crippen molar-refractivity contribution in [2.24, 2.45) is 0 Å². The fraction of sp³-hybridized carbons (Fsp3) is 0.185. The van der Waals surface area contributed by atoms with Gasteiger partial charge in [-0.25, -0.2) is 0 Å². The van der Waals surface area contributed by atoms with Gasteiger partial charge in [-0.15, -0.1) is 0 Å². The maximum Gasteiger partial charge on any atom is 0.290 e. The van der Waals surface area contributed by atoms with E-state index in [-0.39, 0.29) is 17.1 Å². The molecule has 3 aromatic carbocycles. The van der Waals surface area contributed by atoms with Crippen LogP contribution in [0.15, 0.2) is 88.1 Å². The third-order valence-electron chi connectivity index (χ3n) is 5.77. The Hall–Kier alpha value is -3.90. The van der Waals surface area contributed by atoms with Crippen LogP contribution in [-0.2, 0) is 4.74 Å². The van der Waals surface area contributed by atoms with Gasteiger partial charge in [0.2, 0.25) is 5.76 Å². The van der Waals surface area contributed by atoms with Crippen LogP contribution in [0, 0.1) is 0 Å². The molecule has 0 aliphatic carbocycles. The second-order valence-electron chi connectivity index (χ2n) is 7.91. The number of nitrogens with zero attached hydrogens (tertiary/aromatic N) is 1. The zero-order valence-corrected chi connectivity index (χ0v) is 18.2. The van der Waals surface area contributed by atoms with E-state index in [9.17, 15) is 9.59 Å². The molecule has 0 fully saturated rings. The molecule has 6 heteroatoms. The highest BCUT2D eigenvalue weighted by atomic mass is 16.5. The van der Waals surface area contributed by atoms with E-state index in [0.717, 1.165) is 5.56 Å². The molecule has 166 valence electrons. The van der Waals surface area contributed by atoms with E-state index in [1.807, 2.05) is 54.6 Å². The molecule has 0 N–H and O–H groups in total. The summed E-state index contributed by atoms with van der Waals surface area (Å²) >= 11 is 0. The van der Waals surface area contributed by atoms with Gasteiger partial charge in [0.1, 0.15) is 17.1 Å². The summed E-state index contributed by atoms with van der Waals surface area (Å²) in [5.41, 5.74) is 1.38. The lowest BCUT2D eigenvalue weighted by Crippen LogP contribution is -2.31. The molecule has 5 rings (SSSR count). The van der Waals surface area contributed by atoms with Crippen LogP contribution in [0.5, 0.6) is 11.5 Å². The van der Waals surface area contributed by atoms with E-state index in [2.05, 4.69) is 0 Å². The molecule has 0 radical (unpaired) electrons. The van der Waals surface area contributed by atoms with Gasteiger partial charge < -0.3 is 18.8 Å². The Balaban J connectivity index is 1.61. The Labute approximate surface area is 191 Å². The van der Waals surface area contributed by atoms with Gasteiger partial charge >= 0.3 is 0 Å². The summed E-state index contributed by atoms with van der Waals surface area (Å²) in [6.07, 6.45) is 0.640. The standard InChI is InChI=1S/C27H23NO5/c1-31-16-8-15-28-24(18-9-7-12-20(17-18)32-19-10-3-2-4-11-19)23-25(29)21-13-5-6-14-22(21)33-26(23)27(28)30/h2-7,9-14,17,24H,8,15-16H2,1H3/t24-/m1/s1. The van der Waals surface area contributed by atoms with Gasteiger partial charge in [-0.1, -0.05) is 42.5 Å². The van der Waals surface area contributed by atoms with Crippen LogP contribution in [0.25, 0.3) is 11.0 Å². The van der Waals surface area contributed by atoms with Crippen molar-refractivity contribution < 1.29 is 18.7 Å². The number of hydrogen-bond acceptors (Lipinski definition) is 5. The first-order chi connectivity index (χ1) is 16.2. The lowest BCUT2D eigenvalue weighted by molar-refractivity contribution is 0.0707. The van der Waals surface area contributed by atoms with E-state index in [0.29, 0.717) is 47.6 Å². The second-order valence-corrected chi connectivity index (χ2v) is 7.91. The Bertz CT molecular complexity index is 1360. The van der Waals surface area contributed by atoms with Gasteiger partial charge in [-0.3, -0.25) is 9.59 Å². The normalized spacial score (nSPS) is 15.1. The van der Waals surface area contributed by atoms with Crippen molar-refractivity contribution in [3.63, 3.8) is 0 Å². The molecule has 0 saturated heterocycles. The fourth-order valence-electron chi connectivity index (χ4n) is 4.30. The molecule has 0 bridgehead atoms. The van der Waals surface area contributed by atoms with Crippen LogP contribution in [0.4, 0.5) is 0 Å². The molecule has 1 atom stereocenters. The summed E-state index contributed by atoms with van der Waals surface area (Å²) in [5, 5.41) is 0.462. The molecule has 0 saturated carbocycles. The molecule has 1 aromatic heterocycles. The highest BCUT2D eigenvalue weighted by Crippen LogP contribution is 2.39. The molecule has 2 heterocycles. The molecule has 1 aliphatic heterocycles. The van der Waals surface area contributed by atoms with Gasteiger partial charge in [0.05, 0.1) is 17.0 Å². The fourth-order valence-corrected chi connectivity index (χ4v) is 4.30. The van der Waals surface area contributed by atoms with Crippen molar-refractivity contribution in [2.45, 2.75) is 12.5 Å². The molecule has 0 unspecified atom stereocenters. The largest absolute Gasteiger partial charge is 0.457 e. The molecule has 0 spiro atoms. The van der Waals surface area contributed by atoms with E-state index >= 15 is 0 Å². The smallest absolute Gasteiger partial charge is 0.290 e. The molecule has 33 heavy (non-hydrogen) atoms. The first-order valence-electron chi connectivity index (χ1n) is 10.9. The second kappa shape index (κ2) is 8.92. The monoisotopic (exact) mass is 441 g/mol. The molecule has 1 aliphatic rings. The number of methoxy groups -OCH3 is 1. The van der Waals surface area contributed by atoms with Crippen molar-refractivity contribution in [2.75, 3.05) is 20.3 Å². The summed E-state index contributed by atoms with van der Waals surface area (Å²) in [7, 11) is 1.63. The third-order valence-corrected chi connectivity index (χ3v) is 5.77. The van der Waals surface area contributed by atoms with Crippen molar-refractivity contribution in [1.82, 2.24) is 4.90 Å². The number of amides is 1. The molecule has 6 nitrogen and oxygen atoms in total. The number of carbonyl (C=O) groups is 1. The molecule has 1 amide bonds. The number of hydrogen-bond donors (Lipinski definition) is 0. The predicted octanol–water partition coefficient (Wildman–Crippen LogP) is 5.17. The van der Waals surface area contributed by atoms with Crippen molar-refractivity contribution in [3.05, 3.63) is 106 Å². The molecular formula is C27H23NO5. The number of carbonyl (C=O) groups excluding carboxylic acids is 1. The van der Waals surface area contributed by atoms with Gasteiger partial charge in [-0.05, 0) is 48.4 Å². The highest BCUT2D eigenvalue weighted by molar-refractivity contribution is 5.99. The Kier molecular flexibility index (Phi) is 5.67. The van der Waals surface area contributed by atoms with Crippen molar-refractivity contribution >= 4 is 16.9 Å². The lowest BCUT2D eigenvalue weighted by Gasteiger charge is -2.25. The van der Waals surface area contributed by atoms with Crippen LogP contribution in [0.2, 0.25) is 0 Å². The minimum absolute atomic E-state index is 0.107. The zero-order chi connectivity index (χ0) is 22.8. The topological polar surface area (TPSA) is 69.0 Å². The van der Waals surface area contributed by atoms with Crippen LogP contribution in [-0.4, -0.2) is 31.1 Å². The summed E-state index contributed by atoms with van der Waals surface area (Å²) in [5.74, 6) is 1.15. The van der Waals surface area contributed by atoms with E-state index in [1.54, 1.807) is 36.3 Å². The molecule has 4 aromatic rings. The van der Waals surface area contributed by atoms with Crippen LogP contribution in [0.1, 0.15) is 34.1 Å². The Morgan fingerprint density at radius 1 is 0.909 bits per heavy atom. The average molecular weight is 441 g/mol. The number of rotatable bonds is 7. The SMILES string of the molecule is COCCCN1C(=O)c2oc3ccccc3c(=O)c2[C@H]1c1cccc(Oc2ccccc2)c1. The van der Waals surface area contributed by atoms with Gasteiger partial charge in [0, 0.05) is 20.3 Å². The van der Waals surface area contributed by atoms with Gasteiger partial charge in [0.15, 0.2) is 5.43 Å². The number of ether oxygens (including phenoxy) is 2. The number of fused-ring (bicyclic) bond motifs is 2. The van der Waals surface area contributed by atoms with Crippen LogP contribution < -0.4 is 10.2 Å². The van der Waals surface area contributed by atoms with E-state index in [1.165, 1.54) is 0 Å². The Morgan fingerprint density at radius 2 is 1.67 bits per heavy atom. The predicted molar refractivity (Wildman–Crippen MR) is 125 cm³/mol. The Morgan fingerprint density at radius 3 is 2.48 bits per heavy atom. The zero-order valence-electron chi connectivity index (χ0n) is 18.2. The van der Waals surface area contributed by atoms with Gasteiger partial charge in [-0.2, -0.15) is 0 Å². The van der Waals surface area contributed by atoms with Crippen LogP contribution in [0.3, 0.4) is 0 Å². The average Bonchev–Trinajstić information content (AvgIpc) is 3.12. The van der Waals surface area contributed by atoms with Gasteiger partial charge in [0.25, 0.3) is 5.91 Å². The minimum atomic E-state index is -0.565. The number of benzene rings is 3. The van der Waals surface area contributed by atoms with Crippen molar-refractivity contribution in [1.29, 1.82) is 0 Å². The summed E-state index contributed by atoms with van der Waals surface area (Å²) in [4.78, 5) is 28.6. The van der Waals surface area contributed by atoms with E-state index < -0.39 is 6.04 Å². The first kappa shape index (κ1) is 21.0. The maximum absolute atomic E-state index is 13.5. The molecular weight excluding hydrogens is 418 g/mol. The lowest BCUT2D eigenvalue weighted by atomic mass is 9.98. The minimum Gasteiger partial charge on any atom is -0.457 e. The summed E-state index contributed by atoms with van der Waals surface area (Å²) < 4.78 is 17.1. The summed E-state index contributed by atoms with van der Waals surface area (Å²) in [6, 6.07) is 23.4. The quantitative estimate of drug-likeness (QED) is 0.370. The van der Waals surface area contributed by atoms with Crippen molar-refractivity contribution in [3.8, 4) is 11.5 Å². The maximum atomic E-state index is 13.5.